The first kappa shape index (κ1) is 21.8. The average Bonchev–Trinajstić information content (AvgIpc) is 3.33. The van der Waals surface area contributed by atoms with Crippen LogP contribution in [0.5, 0.6) is 0 Å². The molecule has 1 N–H and O–H groups in total. The molecule has 0 fully saturated rings. The van der Waals surface area contributed by atoms with E-state index < -0.39 is 0 Å². The maximum atomic E-state index is 13.0. The molecule has 6 nitrogen and oxygen atoms in total. The quantitative estimate of drug-likeness (QED) is 0.416. The largest absolute Gasteiger partial charge is 0.298 e. The lowest BCUT2D eigenvalue weighted by Gasteiger charge is -2.25. The summed E-state index contributed by atoms with van der Waals surface area (Å²) in [6.07, 6.45) is 0.878. The van der Waals surface area contributed by atoms with Crippen LogP contribution in [0.4, 0.5) is 5.13 Å². The minimum absolute atomic E-state index is 0.274. The third kappa shape index (κ3) is 4.85. The van der Waals surface area contributed by atoms with Gasteiger partial charge in [-0.05, 0) is 18.1 Å². The second-order valence-electron chi connectivity index (χ2n) is 8.18. The van der Waals surface area contributed by atoms with Crippen molar-refractivity contribution in [2.45, 2.75) is 33.0 Å². The van der Waals surface area contributed by atoms with Gasteiger partial charge in [-0.2, -0.15) is 5.10 Å². The summed E-state index contributed by atoms with van der Waals surface area (Å²) in [6, 6.07) is 20.4. The molecule has 4 aromatic rings. The fourth-order valence-corrected chi connectivity index (χ4v) is 5.48. The van der Waals surface area contributed by atoms with Crippen LogP contribution >= 0.6 is 22.9 Å². The zero-order valence-electron chi connectivity index (χ0n) is 18.3. The van der Waals surface area contributed by atoms with Crippen LogP contribution in [0.1, 0.15) is 37.7 Å². The van der Waals surface area contributed by atoms with E-state index in [0.29, 0.717) is 28.1 Å². The van der Waals surface area contributed by atoms with Gasteiger partial charge >= 0.3 is 0 Å². The number of nitrogens with one attached hydrogen (secondary N) is 1. The van der Waals surface area contributed by atoms with Gasteiger partial charge in [-0.3, -0.25) is 15.0 Å². The van der Waals surface area contributed by atoms with Gasteiger partial charge in [0.1, 0.15) is 5.15 Å². The zero-order chi connectivity index (χ0) is 22.8. The van der Waals surface area contributed by atoms with E-state index in [1.165, 1.54) is 21.8 Å². The molecule has 0 unspecified atom stereocenters. The van der Waals surface area contributed by atoms with Crippen LogP contribution in [-0.2, 0) is 26.1 Å². The number of thiazole rings is 1. The molecule has 8 heteroatoms. The molecule has 3 heterocycles. The number of hydrogen-bond acceptors (Lipinski definition) is 5. The Labute approximate surface area is 201 Å². The van der Waals surface area contributed by atoms with Gasteiger partial charge in [0, 0.05) is 30.9 Å². The predicted octanol–water partition coefficient (Wildman–Crippen LogP) is 5.16. The lowest BCUT2D eigenvalue weighted by atomic mass is 10.1. The molecule has 1 aliphatic heterocycles. The topological polar surface area (TPSA) is 63.1 Å². The first-order valence-electron chi connectivity index (χ1n) is 10.9. The van der Waals surface area contributed by atoms with Crippen molar-refractivity contribution >= 4 is 34.0 Å². The Balaban J connectivity index is 1.28. The minimum atomic E-state index is -0.274. The van der Waals surface area contributed by atoms with Crippen LogP contribution in [0, 0.1) is 6.92 Å². The molecular formula is C25H24ClN5OS. The lowest BCUT2D eigenvalue weighted by Crippen LogP contribution is -2.29. The van der Waals surface area contributed by atoms with Crippen molar-refractivity contribution in [3.63, 3.8) is 0 Å². The number of halogens is 1. The van der Waals surface area contributed by atoms with Crippen molar-refractivity contribution in [3.05, 3.63) is 98.8 Å². The Morgan fingerprint density at radius 3 is 2.42 bits per heavy atom. The van der Waals surface area contributed by atoms with Crippen molar-refractivity contribution in [2.24, 2.45) is 0 Å². The Morgan fingerprint density at radius 2 is 1.73 bits per heavy atom. The van der Waals surface area contributed by atoms with Gasteiger partial charge in [-0.25, -0.2) is 9.67 Å². The summed E-state index contributed by atoms with van der Waals surface area (Å²) in [6.45, 7) is 5.02. The lowest BCUT2D eigenvalue weighted by molar-refractivity contribution is 0.102. The molecule has 0 spiro atoms. The number of nitrogens with zero attached hydrogens (tertiary/aromatic N) is 4. The molecule has 1 aliphatic rings. The van der Waals surface area contributed by atoms with Crippen molar-refractivity contribution in [2.75, 3.05) is 11.9 Å². The number of rotatable bonds is 6. The van der Waals surface area contributed by atoms with Crippen LogP contribution < -0.4 is 5.32 Å². The van der Waals surface area contributed by atoms with E-state index in [0.717, 1.165) is 37.3 Å². The standard InChI is InChI=1S/C25H24ClN5OS/c1-17-22(23(26)31(29-17)15-19-10-6-3-7-11-19)24(32)28-25-27-20-12-13-30(16-21(20)33-25)14-18-8-4-2-5-9-18/h2-11H,12-16H2,1H3,(H,27,28,32). The predicted molar refractivity (Wildman–Crippen MR) is 132 cm³/mol. The van der Waals surface area contributed by atoms with E-state index in [1.807, 2.05) is 36.4 Å². The minimum Gasteiger partial charge on any atom is -0.298 e. The molecule has 1 amide bonds. The molecule has 5 rings (SSSR count). The fourth-order valence-electron chi connectivity index (χ4n) is 4.11. The van der Waals surface area contributed by atoms with Crippen LogP contribution in [0.3, 0.4) is 0 Å². The summed E-state index contributed by atoms with van der Waals surface area (Å²) in [4.78, 5) is 21.3. The maximum absolute atomic E-state index is 13.0. The number of carbonyl (C=O) groups is 1. The number of carbonyl (C=O) groups excluding carboxylic acids is 1. The summed E-state index contributed by atoms with van der Waals surface area (Å²) in [7, 11) is 0. The third-order valence-corrected chi connectivity index (χ3v) is 7.13. The highest BCUT2D eigenvalue weighted by atomic mass is 35.5. The van der Waals surface area contributed by atoms with Gasteiger partial charge in [-0.1, -0.05) is 72.3 Å². The molecule has 0 aliphatic carbocycles. The van der Waals surface area contributed by atoms with E-state index in [4.69, 9.17) is 11.6 Å². The summed E-state index contributed by atoms with van der Waals surface area (Å²) in [5.41, 5.74) is 4.44. The SMILES string of the molecule is Cc1nn(Cc2ccccc2)c(Cl)c1C(=O)Nc1nc2c(s1)CN(Cc1ccccc1)CC2. The first-order valence-corrected chi connectivity index (χ1v) is 12.1. The fraction of sp³-hybridized carbons (Fsp3) is 0.240. The Kier molecular flexibility index (Phi) is 6.26. The van der Waals surface area contributed by atoms with Crippen molar-refractivity contribution in [1.82, 2.24) is 19.7 Å². The molecule has 0 radical (unpaired) electrons. The van der Waals surface area contributed by atoms with E-state index in [-0.39, 0.29) is 5.91 Å². The molecule has 33 heavy (non-hydrogen) atoms. The van der Waals surface area contributed by atoms with Crippen LogP contribution in [0.15, 0.2) is 60.7 Å². The number of fused-ring (bicyclic) bond motifs is 1. The summed E-state index contributed by atoms with van der Waals surface area (Å²) in [5, 5.41) is 8.38. The van der Waals surface area contributed by atoms with Crippen LogP contribution in [0.2, 0.25) is 5.15 Å². The van der Waals surface area contributed by atoms with Crippen molar-refractivity contribution in [3.8, 4) is 0 Å². The molecule has 2 aromatic heterocycles. The van der Waals surface area contributed by atoms with E-state index in [1.54, 1.807) is 11.6 Å². The number of aryl methyl sites for hydroxylation is 1. The highest BCUT2D eigenvalue weighted by Gasteiger charge is 2.24. The Bertz CT molecular complexity index is 1270. The van der Waals surface area contributed by atoms with Crippen molar-refractivity contribution < 1.29 is 4.79 Å². The summed E-state index contributed by atoms with van der Waals surface area (Å²) >= 11 is 8.09. The number of anilines is 1. The van der Waals surface area contributed by atoms with Crippen LogP contribution in [-0.4, -0.2) is 32.1 Å². The normalized spacial score (nSPS) is 13.6. The molecule has 0 saturated heterocycles. The van der Waals surface area contributed by atoms with Gasteiger partial charge in [0.15, 0.2) is 5.13 Å². The molecular weight excluding hydrogens is 454 g/mol. The van der Waals surface area contributed by atoms with Gasteiger partial charge in [0.25, 0.3) is 5.91 Å². The maximum Gasteiger partial charge on any atom is 0.262 e. The highest BCUT2D eigenvalue weighted by Crippen LogP contribution is 2.30. The van der Waals surface area contributed by atoms with E-state index in [9.17, 15) is 4.79 Å². The number of aromatic nitrogens is 3. The van der Waals surface area contributed by atoms with Crippen LogP contribution in [0.25, 0.3) is 0 Å². The third-order valence-electron chi connectivity index (χ3n) is 5.75. The smallest absolute Gasteiger partial charge is 0.262 e. The van der Waals surface area contributed by atoms with Gasteiger partial charge in [0.2, 0.25) is 0 Å². The van der Waals surface area contributed by atoms with Gasteiger partial charge < -0.3 is 0 Å². The summed E-state index contributed by atoms with van der Waals surface area (Å²) in [5.74, 6) is -0.274. The highest BCUT2D eigenvalue weighted by molar-refractivity contribution is 7.15. The Morgan fingerprint density at radius 1 is 1.06 bits per heavy atom. The molecule has 0 saturated carbocycles. The van der Waals surface area contributed by atoms with Gasteiger partial charge in [-0.15, -0.1) is 11.3 Å². The zero-order valence-corrected chi connectivity index (χ0v) is 19.9. The molecule has 168 valence electrons. The number of benzene rings is 2. The molecule has 0 atom stereocenters. The Hall–Kier alpha value is -3.00. The van der Waals surface area contributed by atoms with Crippen molar-refractivity contribution in [1.29, 1.82) is 0 Å². The van der Waals surface area contributed by atoms with Gasteiger partial charge in [0.05, 0.1) is 23.5 Å². The van der Waals surface area contributed by atoms with E-state index in [2.05, 4.69) is 44.6 Å². The second-order valence-corrected chi connectivity index (χ2v) is 9.63. The number of amides is 1. The first-order chi connectivity index (χ1) is 16.1. The number of hydrogen-bond donors (Lipinski definition) is 1. The van der Waals surface area contributed by atoms with E-state index >= 15 is 0 Å². The monoisotopic (exact) mass is 477 g/mol. The summed E-state index contributed by atoms with van der Waals surface area (Å²) < 4.78 is 1.66. The average molecular weight is 478 g/mol. The second kappa shape index (κ2) is 9.47. The molecule has 0 bridgehead atoms. The molecule has 2 aromatic carbocycles.